The van der Waals surface area contributed by atoms with Crippen LogP contribution in [0.1, 0.15) is 37.7 Å². The number of hydrogen-bond acceptors (Lipinski definition) is 1. The molecule has 0 aromatic heterocycles. The molecule has 0 aliphatic heterocycles. The lowest BCUT2D eigenvalue weighted by molar-refractivity contribution is -0.00665. The Morgan fingerprint density at radius 1 is 1.00 bits per heavy atom. The van der Waals surface area contributed by atoms with Gasteiger partial charge in [-0.2, -0.15) is 0 Å². The zero-order chi connectivity index (χ0) is 14.4. The molecule has 0 heterocycles. The van der Waals surface area contributed by atoms with Crippen molar-refractivity contribution < 1.29 is 0 Å². The molecule has 1 aromatic rings. The molecule has 5 rings (SSSR count). The van der Waals surface area contributed by atoms with Gasteiger partial charge < -0.3 is 10.6 Å². The van der Waals surface area contributed by atoms with Gasteiger partial charge >= 0.3 is 0 Å². The highest BCUT2D eigenvalue weighted by atomic mass is 32.1. The van der Waals surface area contributed by atoms with Gasteiger partial charge in [0, 0.05) is 11.7 Å². The maximum absolute atomic E-state index is 5.57. The third kappa shape index (κ3) is 2.57. The van der Waals surface area contributed by atoms with Crippen molar-refractivity contribution in [2.45, 2.75) is 45.1 Å². The van der Waals surface area contributed by atoms with Gasteiger partial charge in [-0.3, -0.25) is 0 Å². The molecule has 4 bridgehead atoms. The normalized spacial score (nSPS) is 36.5. The second kappa shape index (κ2) is 5.28. The summed E-state index contributed by atoms with van der Waals surface area (Å²) < 4.78 is 0. The Hall–Kier alpha value is -1.09. The lowest BCUT2D eigenvalue weighted by atomic mass is 9.54. The van der Waals surface area contributed by atoms with E-state index in [1.165, 1.54) is 37.7 Å². The highest BCUT2D eigenvalue weighted by Crippen LogP contribution is 2.53. The van der Waals surface area contributed by atoms with Gasteiger partial charge in [0.2, 0.25) is 0 Å². The van der Waals surface area contributed by atoms with Gasteiger partial charge in [-0.15, -0.1) is 0 Å². The van der Waals surface area contributed by atoms with Gasteiger partial charge in [0.25, 0.3) is 0 Å². The van der Waals surface area contributed by atoms with Gasteiger partial charge in [0.1, 0.15) is 0 Å². The highest BCUT2D eigenvalue weighted by molar-refractivity contribution is 7.80. The van der Waals surface area contributed by atoms with Crippen LogP contribution in [0.4, 0.5) is 5.69 Å². The van der Waals surface area contributed by atoms with Crippen LogP contribution in [0.3, 0.4) is 0 Å². The van der Waals surface area contributed by atoms with E-state index in [-0.39, 0.29) is 0 Å². The van der Waals surface area contributed by atoms with E-state index in [2.05, 4.69) is 41.8 Å². The Balaban J connectivity index is 1.42. The van der Waals surface area contributed by atoms with Crippen molar-refractivity contribution >= 4 is 23.0 Å². The number of rotatable bonds is 2. The summed E-state index contributed by atoms with van der Waals surface area (Å²) in [5, 5.41) is 7.85. The van der Waals surface area contributed by atoms with E-state index >= 15 is 0 Å². The number of thiocarbonyl (C=S) groups is 1. The molecule has 4 aliphatic carbocycles. The largest absolute Gasteiger partial charge is 0.359 e. The van der Waals surface area contributed by atoms with Crippen LogP contribution in [0.5, 0.6) is 0 Å². The maximum atomic E-state index is 5.57. The fraction of sp³-hybridized carbons (Fsp3) is 0.611. The second-order valence-corrected chi connectivity index (χ2v) is 7.78. The molecular weight excluding hydrogens is 276 g/mol. The van der Waals surface area contributed by atoms with Gasteiger partial charge in [-0.05, 0) is 86.5 Å². The van der Waals surface area contributed by atoms with Crippen LogP contribution < -0.4 is 10.6 Å². The summed E-state index contributed by atoms with van der Waals surface area (Å²) in [6.07, 6.45) is 7.22. The first kappa shape index (κ1) is 13.6. The topological polar surface area (TPSA) is 24.1 Å². The number of benzene rings is 1. The summed E-state index contributed by atoms with van der Waals surface area (Å²) >= 11 is 5.57. The van der Waals surface area contributed by atoms with Crippen molar-refractivity contribution in [3.63, 3.8) is 0 Å². The minimum absolute atomic E-state index is 0.613. The predicted molar refractivity (Wildman–Crippen MR) is 91.4 cm³/mol. The Labute approximate surface area is 132 Å². The van der Waals surface area contributed by atoms with Crippen LogP contribution in [-0.2, 0) is 0 Å². The van der Waals surface area contributed by atoms with Crippen molar-refractivity contribution in [3.8, 4) is 0 Å². The molecule has 3 heteroatoms. The van der Waals surface area contributed by atoms with Gasteiger partial charge in [0.15, 0.2) is 5.11 Å². The van der Waals surface area contributed by atoms with Crippen LogP contribution in [0.25, 0.3) is 0 Å². The monoisotopic (exact) mass is 300 g/mol. The lowest BCUT2D eigenvalue weighted by Gasteiger charge is -2.54. The van der Waals surface area contributed by atoms with Crippen LogP contribution >= 0.6 is 12.2 Å². The fourth-order valence-electron chi connectivity index (χ4n) is 5.18. The molecule has 2 nitrogen and oxygen atoms in total. The quantitative estimate of drug-likeness (QED) is 0.804. The molecule has 4 aliphatic rings. The second-order valence-electron chi connectivity index (χ2n) is 7.37. The Morgan fingerprint density at radius 3 is 2.24 bits per heavy atom. The van der Waals surface area contributed by atoms with Crippen molar-refractivity contribution in [3.05, 3.63) is 29.8 Å². The standard InChI is InChI=1S/C18H24N2S/c1-11-4-2-3-5-16(11)19-18(21)20-17-14-7-12-6-13(9-14)10-15(17)8-12/h2-5,12-15,17H,6-10H2,1H3,(H2,19,20,21). The molecule has 0 amide bonds. The molecule has 0 atom stereocenters. The Bertz CT molecular complexity index is 526. The number of hydrogen-bond donors (Lipinski definition) is 2. The first-order valence-electron chi connectivity index (χ1n) is 8.32. The average molecular weight is 300 g/mol. The summed E-state index contributed by atoms with van der Waals surface area (Å²) in [6.45, 7) is 2.12. The summed E-state index contributed by atoms with van der Waals surface area (Å²) in [5.41, 5.74) is 2.37. The van der Waals surface area contributed by atoms with Gasteiger partial charge in [0.05, 0.1) is 0 Å². The predicted octanol–water partition coefficient (Wildman–Crippen LogP) is 4.11. The molecule has 1 aromatic carbocycles. The van der Waals surface area contributed by atoms with Crippen molar-refractivity contribution in [1.82, 2.24) is 5.32 Å². The molecule has 112 valence electrons. The average Bonchev–Trinajstić information content (AvgIpc) is 2.44. The minimum atomic E-state index is 0.613. The van der Waals surface area contributed by atoms with E-state index < -0.39 is 0 Å². The molecule has 21 heavy (non-hydrogen) atoms. The summed E-state index contributed by atoms with van der Waals surface area (Å²) in [7, 11) is 0. The smallest absolute Gasteiger partial charge is 0.171 e. The van der Waals surface area contributed by atoms with Crippen molar-refractivity contribution in [1.29, 1.82) is 0 Å². The molecule has 0 radical (unpaired) electrons. The molecule has 0 unspecified atom stereocenters. The van der Waals surface area contributed by atoms with E-state index in [1.54, 1.807) is 0 Å². The number of aryl methyl sites for hydroxylation is 1. The molecule has 4 fully saturated rings. The summed E-state index contributed by atoms with van der Waals surface area (Å²) in [5.74, 6) is 3.75. The van der Waals surface area contributed by atoms with Gasteiger partial charge in [-0.1, -0.05) is 18.2 Å². The van der Waals surface area contributed by atoms with E-state index in [0.717, 1.165) is 34.5 Å². The van der Waals surface area contributed by atoms with Crippen molar-refractivity contribution in [2.24, 2.45) is 23.7 Å². The van der Waals surface area contributed by atoms with E-state index in [4.69, 9.17) is 12.2 Å². The minimum Gasteiger partial charge on any atom is -0.359 e. The molecule has 0 spiro atoms. The molecule has 2 N–H and O–H groups in total. The van der Waals surface area contributed by atoms with Crippen molar-refractivity contribution in [2.75, 3.05) is 5.32 Å². The zero-order valence-electron chi connectivity index (χ0n) is 12.6. The van der Waals surface area contributed by atoms with Crippen LogP contribution in [0, 0.1) is 30.6 Å². The first-order chi connectivity index (χ1) is 10.2. The number of anilines is 1. The fourth-order valence-corrected chi connectivity index (χ4v) is 5.43. The third-order valence-corrected chi connectivity index (χ3v) is 6.14. The number of para-hydroxylation sites is 1. The molecule has 0 saturated heterocycles. The zero-order valence-corrected chi connectivity index (χ0v) is 13.5. The Kier molecular flexibility index (Phi) is 3.41. The van der Waals surface area contributed by atoms with Crippen LogP contribution in [0.2, 0.25) is 0 Å². The maximum Gasteiger partial charge on any atom is 0.171 e. The SMILES string of the molecule is Cc1ccccc1NC(=S)NC1C2CC3CC(C2)CC1C3. The molecule has 4 saturated carbocycles. The van der Waals surface area contributed by atoms with Crippen LogP contribution in [-0.4, -0.2) is 11.2 Å². The lowest BCUT2D eigenvalue weighted by Crippen LogP contribution is -2.56. The third-order valence-electron chi connectivity index (χ3n) is 5.92. The van der Waals surface area contributed by atoms with Gasteiger partial charge in [-0.25, -0.2) is 0 Å². The highest BCUT2D eigenvalue weighted by Gasteiger charge is 2.48. The first-order valence-corrected chi connectivity index (χ1v) is 8.73. The van der Waals surface area contributed by atoms with E-state index in [1.807, 2.05) is 0 Å². The van der Waals surface area contributed by atoms with E-state index in [0.29, 0.717) is 6.04 Å². The van der Waals surface area contributed by atoms with E-state index in [9.17, 15) is 0 Å². The van der Waals surface area contributed by atoms with Crippen LogP contribution in [0.15, 0.2) is 24.3 Å². The molecular formula is C18H24N2S. The summed E-state index contributed by atoms with van der Waals surface area (Å²) in [4.78, 5) is 0. The number of nitrogens with one attached hydrogen (secondary N) is 2. The Morgan fingerprint density at radius 2 is 1.62 bits per heavy atom. The summed E-state index contributed by atoms with van der Waals surface area (Å²) in [6, 6.07) is 8.95.